The van der Waals surface area contributed by atoms with E-state index in [1.54, 1.807) is 0 Å². The van der Waals surface area contributed by atoms with Gasteiger partial charge in [0.25, 0.3) is 0 Å². The third kappa shape index (κ3) is 4.20. The van der Waals surface area contributed by atoms with Crippen LogP contribution < -0.4 is 5.32 Å². The van der Waals surface area contributed by atoms with Crippen molar-refractivity contribution >= 4 is 27.3 Å². The van der Waals surface area contributed by atoms with Crippen LogP contribution in [0.3, 0.4) is 0 Å². The Morgan fingerprint density at radius 2 is 1.94 bits per heavy atom. The van der Waals surface area contributed by atoms with Crippen LogP contribution in [0.2, 0.25) is 5.02 Å². The maximum Gasteiger partial charge on any atom is 0.235 e. The van der Waals surface area contributed by atoms with Gasteiger partial charge < -0.3 is 5.32 Å². The van der Waals surface area contributed by atoms with Gasteiger partial charge in [0.2, 0.25) is 5.91 Å². The number of sulfone groups is 1. The van der Waals surface area contributed by atoms with Gasteiger partial charge in [-0.2, -0.15) is 0 Å². The van der Waals surface area contributed by atoms with Crippen molar-refractivity contribution in [2.24, 2.45) is 0 Å². The van der Waals surface area contributed by atoms with Gasteiger partial charge in [0.05, 0.1) is 4.90 Å². The second-order valence-electron chi connectivity index (χ2n) is 3.31. The average Bonchev–Trinajstić information content (AvgIpc) is 2.26. The highest BCUT2D eigenvalue weighted by molar-refractivity contribution is 7.92. The van der Waals surface area contributed by atoms with Gasteiger partial charge in [0.15, 0.2) is 9.84 Å². The highest BCUT2D eigenvalue weighted by atomic mass is 35.5. The fraction of sp³-hybridized carbons (Fsp3) is 0.182. The summed E-state index contributed by atoms with van der Waals surface area (Å²) in [5.74, 6) is -1.14. The van der Waals surface area contributed by atoms with E-state index < -0.39 is 21.5 Å². The Bertz CT molecular complexity index is 508. The van der Waals surface area contributed by atoms with Crippen molar-refractivity contribution in [1.29, 1.82) is 0 Å². The molecule has 0 saturated carbocycles. The minimum absolute atomic E-state index is 0.0793. The predicted molar refractivity (Wildman–Crippen MR) is 66.7 cm³/mol. The lowest BCUT2D eigenvalue weighted by Gasteiger charge is -2.04. The molecule has 0 aromatic heterocycles. The van der Waals surface area contributed by atoms with Gasteiger partial charge in [-0.25, -0.2) is 8.42 Å². The largest absolute Gasteiger partial charge is 0.352 e. The summed E-state index contributed by atoms with van der Waals surface area (Å²) in [5, 5.41) is 2.85. The maximum atomic E-state index is 11.8. The van der Waals surface area contributed by atoms with Crippen LogP contribution in [0.15, 0.2) is 41.8 Å². The zero-order valence-corrected chi connectivity index (χ0v) is 10.6. The molecular weight excluding hydrogens is 262 g/mol. The summed E-state index contributed by atoms with van der Waals surface area (Å²) < 4.78 is 23.6. The van der Waals surface area contributed by atoms with E-state index >= 15 is 0 Å². The van der Waals surface area contributed by atoms with Crippen LogP contribution in [-0.2, 0) is 14.6 Å². The van der Waals surface area contributed by atoms with Gasteiger partial charge in [-0.1, -0.05) is 17.7 Å². The molecule has 0 heterocycles. The molecule has 1 aromatic carbocycles. The first-order valence-corrected chi connectivity index (χ1v) is 6.84. The summed E-state index contributed by atoms with van der Waals surface area (Å²) in [7, 11) is -3.61. The Morgan fingerprint density at radius 1 is 1.35 bits per heavy atom. The lowest BCUT2D eigenvalue weighted by atomic mass is 10.4. The first kappa shape index (κ1) is 13.7. The minimum Gasteiger partial charge on any atom is -0.352 e. The summed E-state index contributed by atoms with van der Waals surface area (Å²) >= 11 is 5.65. The molecule has 0 spiro atoms. The molecule has 0 aliphatic rings. The van der Waals surface area contributed by atoms with Gasteiger partial charge in [-0.15, -0.1) is 6.58 Å². The lowest BCUT2D eigenvalue weighted by molar-refractivity contribution is -0.118. The van der Waals surface area contributed by atoms with E-state index in [-0.39, 0.29) is 11.4 Å². The number of nitrogens with one attached hydrogen (secondary N) is 1. The van der Waals surface area contributed by atoms with Crippen LogP contribution >= 0.6 is 11.6 Å². The van der Waals surface area contributed by atoms with Gasteiger partial charge in [-0.05, 0) is 24.3 Å². The Morgan fingerprint density at radius 3 is 2.47 bits per heavy atom. The average molecular weight is 274 g/mol. The number of hydrogen-bond donors (Lipinski definition) is 1. The lowest BCUT2D eigenvalue weighted by Crippen LogP contribution is -2.30. The fourth-order valence-electron chi connectivity index (χ4n) is 1.13. The molecule has 1 N–H and O–H groups in total. The van der Waals surface area contributed by atoms with Crippen molar-refractivity contribution < 1.29 is 13.2 Å². The Kier molecular flexibility index (Phi) is 4.72. The molecule has 0 bridgehead atoms. The van der Waals surface area contributed by atoms with Crippen molar-refractivity contribution in [1.82, 2.24) is 5.32 Å². The minimum atomic E-state index is -3.61. The van der Waals surface area contributed by atoms with Crippen LogP contribution in [-0.4, -0.2) is 26.6 Å². The topological polar surface area (TPSA) is 63.2 Å². The standard InChI is InChI=1S/C11H12ClNO3S/c1-2-7-13-11(14)8-17(15,16)10-5-3-9(12)4-6-10/h2-6H,1,7-8H2,(H,13,14). The van der Waals surface area contributed by atoms with Crippen molar-refractivity contribution in [3.63, 3.8) is 0 Å². The van der Waals surface area contributed by atoms with E-state index in [1.807, 2.05) is 0 Å². The van der Waals surface area contributed by atoms with Gasteiger partial charge in [-0.3, -0.25) is 4.79 Å². The number of carbonyl (C=O) groups excluding carboxylic acids is 1. The van der Waals surface area contributed by atoms with E-state index in [1.165, 1.54) is 30.3 Å². The number of hydrogen-bond acceptors (Lipinski definition) is 3. The van der Waals surface area contributed by atoms with E-state index in [4.69, 9.17) is 11.6 Å². The van der Waals surface area contributed by atoms with Crippen LogP contribution in [0.5, 0.6) is 0 Å². The fourth-order valence-corrected chi connectivity index (χ4v) is 2.43. The number of halogens is 1. The van der Waals surface area contributed by atoms with Crippen LogP contribution in [0.25, 0.3) is 0 Å². The monoisotopic (exact) mass is 273 g/mol. The third-order valence-electron chi connectivity index (χ3n) is 1.94. The molecule has 4 nitrogen and oxygen atoms in total. The van der Waals surface area contributed by atoms with E-state index in [2.05, 4.69) is 11.9 Å². The van der Waals surface area contributed by atoms with Crippen molar-refractivity contribution in [3.8, 4) is 0 Å². The van der Waals surface area contributed by atoms with Crippen LogP contribution in [0.4, 0.5) is 0 Å². The van der Waals surface area contributed by atoms with Crippen molar-refractivity contribution in [3.05, 3.63) is 41.9 Å². The SMILES string of the molecule is C=CCNC(=O)CS(=O)(=O)c1ccc(Cl)cc1. The zero-order chi connectivity index (χ0) is 12.9. The highest BCUT2D eigenvalue weighted by Gasteiger charge is 2.18. The molecule has 0 atom stereocenters. The van der Waals surface area contributed by atoms with Gasteiger partial charge in [0.1, 0.15) is 5.75 Å². The molecule has 92 valence electrons. The molecule has 0 unspecified atom stereocenters. The molecule has 1 aromatic rings. The highest BCUT2D eigenvalue weighted by Crippen LogP contribution is 2.15. The molecular formula is C11H12ClNO3S. The van der Waals surface area contributed by atoms with E-state index in [0.717, 1.165) is 0 Å². The molecule has 0 radical (unpaired) electrons. The number of benzene rings is 1. The quantitative estimate of drug-likeness (QED) is 0.825. The van der Waals surface area contributed by atoms with Crippen molar-refractivity contribution in [2.45, 2.75) is 4.90 Å². The predicted octanol–water partition coefficient (Wildman–Crippen LogP) is 1.42. The molecule has 0 fully saturated rings. The zero-order valence-electron chi connectivity index (χ0n) is 9.02. The van der Waals surface area contributed by atoms with Gasteiger partial charge in [0, 0.05) is 11.6 Å². The molecule has 0 aliphatic heterocycles. The van der Waals surface area contributed by atoms with E-state index in [0.29, 0.717) is 5.02 Å². The number of carbonyl (C=O) groups is 1. The molecule has 1 amide bonds. The summed E-state index contributed by atoms with van der Waals surface area (Å²) in [6, 6.07) is 5.68. The molecule has 17 heavy (non-hydrogen) atoms. The van der Waals surface area contributed by atoms with Crippen LogP contribution in [0, 0.1) is 0 Å². The Labute approximate surface area is 105 Å². The number of amides is 1. The summed E-state index contributed by atoms with van der Waals surface area (Å²) in [6.07, 6.45) is 1.48. The van der Waals surface area contributed by atoms with E-state index in [9.17, 15) is 13.2 Å². The maximum absolute atomic E-state index is 11.8. The second kappa shape index (κ2) is 5.84. The Hall–Kier alpha value is -1.33. The smallest absolute Gasteiger partial charge is 0.235 e. The second-order valence-corrected chi connectivity index (χ2v) is 5.73. The number of rotatable bonds is 5. The first-order chi connectivity index (χ1) is 7.95. The molecule has 6 heteroatoms. The van der Waals surface area contributed by atoms with Crippen LogP contribution in [0.1, 0.15) is 0 Å². The normalized spacial score (nSPS) is 10.9. The van der Waals surface area contributed by atoms with Gasteiger partial charge >= 0.3 is 0 Å². The molecule has 0 aliphatic carbocycles. The molecule has 0 saturated heterocycles. The van der Waals surface area contributed by atoms with Crippen molar-refractivity contribution in [2.75, 3.05) is 12.3 Å². The molecule has 1 rings (SSSR count). The summed E-state index contributed by atoms with van der Waals surface area (Å²) in [6.45, 7) is 3.66. The third-order valence-corrected chi connectivity index (χ3v) is 3.82. The first-order valence-electron chi connectivity index (χ1n) is 4.81. The summed E-state index contributed by atoms with van der Waals surface area (Å²) in [4.78, 5) is 11.4. The summed E-state index contributed by atoms with van der Waals surface area (Å²) in [5.41, 5.74) is 0. The Balaban J connectivity index is 2.78.